The molecule has 0 unspecified atom stereocenters. The Bertz CT molecular complexity index is 554. The Kier molecular flexibility index (Phi) is 3.42. The van der Waals surface area contributed by atoms with E-state index < -0.39 is 0 Å². The molecule has 1 heterocycles. The highest BCUT2D eigenvalue weighted by molar-refractivity contribution is 5.95. The molecule has 2 saturated carbocycles. The van der Waals surface area contributed by atoms with Crippen molar-refractivity contribution in [3.63, 3.8) is 0 Å². The second-order valence-corrected chi connectivity index (χ2v) is 7.55. The summed E-state index contributed by atoms with van der Waals surface area (Å²) in [5.41, 5.74) is 7.39. The lowest BCUT2D eigenvalue weighted by Crippen LogP contribution is -2.35. The smallest absolute Gasteiger partial charge is 0.254 e. The van der Waals surface area contributed by atoms with Crippen LogP contribution in [0, 0.1) is 5.92 Å². The Morgan fingerprint density at radius 3 is 2.48 bits per heavy atom. The molecule has 0 aromatic carbocycles. The molecule has 2 fully saturated rings. The molecule has 21 heavy (non-hydrogen) atoms. The lowest BCUT2D eigenvalue weighted by atomic mass is 9.90. The Labute approximate surface area is 126 Å². The second kappa shape index (κ2) is 5.00. The van der Waals surface area contributed by atoms with Crippen LogP contribution in [0.2, 0.25) is 0 Å². The van der Waals surface area contributed by atoms with Crippen molar-refractivity contribution in [2.24, 2.45) is 5.92 Å². The number of carbonyl (C=O) groups is 1. The van der Waals surface area contributed by atoms with Crippen molar-refractivity contribution in [1.82, 2.24) is 9.88 Å². The maximum atomic E-state index is 12.9. The SMILES string of the molecule is CC(C)(C)c1cc(C(=O)N(CC2CC2)C2CC2)cc(N)n1. The standard InChI is InChI=1S/C17H25N3O/c1-17(2,3)14-8-12(9-15(18)19-14)16(21)20(13-6-7-13)10-11-4-5-11/h8-9,11,13H,4-7,10H2,1-3H3,(H2,18,19). The van der Waals surface area contributed by atoms with Gasteiger partial charge in [-0.2, -0.15) is 0 Å². The van der Waals surface area contributed by atoms with Crippen LogP contribution < -0.4 is 5.73 Å². The Hall–Kier alpha value is -1.58. The van der Waals surface area contributed by atoms with Crippen molar-refractivity contribution in [3.05, 3.63) is 23.4 Å². The third kappa shape index (κ3) is 3.36. The van der Waals surface area contributed by atoms with Gasteiger partial charge in [0.15, 0.2) is 0 Å². The zero-order chi connectivity index (χ0) is 15.2. The fraction of sp³-hybridized carbons (Fsp3) is 0.647. The second-order valence-electron chi connectivity index (χ2n) is 7.55. The topological polar surface area (TPSA) is 59.2 Å². The first-order chi connectivity index (χ1) is 9.84. The summed E-state index contributed by atoms with van der Waals surface area (Å²) in [7, 11) is 0. The fourth-order valence-corrected chi connectivity index (χ4v) is 2.59. The van der Waals surface area contributed by atoms with Crippen LogP contribution in [0.25, 0.3) is 0 Å². The normalized spacial score (nSPS) is 18.6. The third-order valence-electron chi connectivity index (χ3n) is 4.26. The number of nitrogen functional groups attached to an aromatic ring is 1. The van der Waals surface area contributed by atoms with E-state index in [0.717, 1.165) is 31.0 Å². The number of nitrogens with two attached hydrogens (primary N) is 1. The Morgan fingerprint density at radius 1 is 1.29 bits per heavy atom. The highest BCUT2D eigenvalue weighted by Gasteiger charge is 2.37. The summed E-state index contributed by atoms with van der Waals surface area (Å²) in [6, 6.07) is 4.09. The number of pyridine rings is 1. The third-order valence-corrected chi connectivity index (χ3v) is 4.26. The van der Waals surface area contributed by atoms with E-state index in [1.807, 2.05) is 6.07 Å². The van der Waals surface area contributed by atoms with Crippen molar-refractivity contribution in [2.75, 3.05) is 12.3 Å². The molecule has 114 valence electrons. The zero-order valence-electron chi connectivity index (χ0n) is 13.2. The number of amides is 1. The van der Waals surface area contributed by atoms with Gasteiger partial charge in [-0.05, 0) is 43.7 Å². The first kappa shape index (κ1) is 14.4. The number of hydrogen-bond donors (Lipinski definition) is 1. The van der Waals surface area contributed by atoms with E-state index >= 15 is 0 Å². The predicted octanol–water partition coefficient (Wildman–Crippen LogP) is 2.98. The van der Waals surface area contributed by atoms with Gasteiger partial charge in [-0.15, -0.1) is 0 Å². The zero-order valence-corrected chi connectivity index (χ0v) is 13.2. The van der Waals surface area contributed by atoms with Gasteiger partial charge >= 0.3 is 0 Å². The van der Waals surface area contributed by atoms with E-state index in [4.69, 9.17) is 5.73 Å². The lowest BCUT2D eigenvalue weighted by molar-refractivity contribution is 0.0734. The molecule has 0 aliphatic heterocycles. The maximum Gasteiger partial charge on any atom is 0.254 e. The van der Waals surface area contributed by atoms with E-state index in [1.54, 1.807) is 6.07 Å². The summed E-state index contributed by atoms with van der Waals surface area (Å²) in [4.78, 5) is 19.3. The molecule has 0 atom stereocenters. The van der Waals surface area contributed by atoms with E-state index in [1.165, 1.54) is 12.8 Å². The minimum Gasteiger partial charge on any atom is -0.384 e. The molecule has 3 rings (SSSR count). The van der Waals surface area contributed by atoms with Crippen molar-refractivity contribution in [3.8, 4) is 0 Å². The summed E-state index contributed by atoms with van der Waals surface area (Å²) >= 11 is 0. The number of anilines is 1. The highest BCUT2D eigenvalue weighted by Crippen LogP contribution is 2.36. The van der Waals surface area contributed by atoms with Gasteiger partial charge in [0.2, 0.25) is 0 Å². The molecule has 1 amide bonds. The summed E-state index contributed by atoms with van der Waals surface area (Å²) in [5, 5.41) is 0. The number of hydrogen-bond acceptors (Lipinski definition) is 3. The molecular weight excluding hydrogens is 262 g/mol. The van der Waals surface area contributed by atoms with Crippen molar-refractivity contribution < 1.29 is 4.79 Å². The number of nitrogens with zero attached hydrogens (tertiary/aromatic N) is 2. The van der Waals surface area contributed by atoms with Gasteiger partial charge in [0, 0.05) is 29.3 Å². The van der Waals surface area contributed by atoms with Crippen LogP contribution in [0.5, 0.6) is 0 Å². The molecule has 2 N–H and O–H groups in total. The van der Waals surface area contributed by atoms with Crippen molar-refractivity contribution >= 4 is 11.7 Å². The highest BCUT2D eigenvalue weighted by atomic mass is 16.2. The van der Waals surface area contributed by atoms with Gasteiger partial charge in [-0.25, -0.2) is 4.98 Å². The minimum absolute atomic E-state index is 0.106. The maximum absolute atomic E-state index is 12.9. The summed E-state index contributed by atoms with van der Waals surface area (Å²) < 4.78 is 0. The largest absolute Gasteiger partial charge is 0.384 e. The monoisotopic (exact) mass is 287 g/mol. The van der Waals surface area contributed by atoms with E-state index in [-0.39, 0.29) is 11.3 Å². The van der Waals surface area contributed by atoms with E-state index in [2.05, 4.69) is 30.7 Å². The molecule has 4 heteroatoms. The minimum atomic E-state index is -0.106. The quantitative estimate of drug-likeness (QED) is 0.926. The van der Waals surface area contributed by atoms with Gasteiger partial charge in [0.1, 0.15) is 5.82 Å². The molecule has 1 aromatic rings. The molecule has 1 aromatic heterocycles. The van der Waals surface area contributed by atoms with Gasteiger partial charge in [0.05, 0.1) is 0 Å². The first-order valence-electron chi connectivity index (χ1n) is 7.93. The number of aromatic nitrogens is 1. The number of rotatable bonds is 4. The Balaban J connectivity index is 1.87. The first-order valence-corrected chi connectivity index (χ1v) is 7.93. The summed E-state index contributed by atoms with van der Waals surface area (Å²) in [5.74, 6) is 1.28. The molecule has 0 radical (unpaired) electrons. The summed E-state index contributed by atoms with van der Waals surface area (Å²) in [6.07, 6.45) is 4.82. The van der Waals surface area contributed by atoms with Crippen molar-refractivity contribution in [1.29, 1.82) is 0 Å². The van der Waals surface area contributed by atoms with Crippen LogP contribution in [0.3, 0.4) is 0 Å². The predicted molar refractivity (Wildman–Crippen MR) is 84.1 cm³/mol. The van der Waals surface area contributed by atoms with Crippen LogP contribution >= 0.6 is 0 Å². The van der Waals surface area contributed by atoms with Gasteiger partial charge in [0.25, 0.3) is 5.91 Å². The van der Waals surface area contributed by atoms with Gasteiger partial charge in [-0.3, -0.25) is 4.79 Å². The molecule has 4 nitrogen and oxygen atoms in total. The molecule has 0 saturated heterocycles. The lowest BCUT2D eigenvalue weighted by Gasteiger charge is -2.24. The van der Waals surface area contributed by atoms with Crippen LogP contribution in [0.15, 0.2) is 12.1 Å². The number of carbonyl (C=O) groups excluding carboxylic acids is 1. The average molecular weight is 287 g/mol. The van der Waals surface area contributed by atoms with Crippen LogP contribution in [-0.4, -0.2) is 28.4 Å². The fourth-order valence-electron chi connectivity index (χ4n) is 2.59. The summed E-state index contributed by atoms with van der Waals surface area (Å²) in [6.45, 7) is 7.18. The van der Waals surface area contributed by atoms with Crippen molar-refractivity contribution in [2.45, 2.75) is 57.9 Å². The van der Waals surface area contributed by atoms with E-state index in [9.17, 15) is 4.79 Å². The van der Waals surface area contributed by atoms with Crippen LogP contribution in [-0.2, 0) is 5.41 Å². The molecule has 2 aliphatic rings. The van der Waals surface area contributed by atoms with Gasteiger partial charge in [-0.1, -0.05) is 20.8 Å². The molecule has 0 spiro atoms. The van der Waals surface area contributed by atoms with Crippen LogP contribution in [0.1, 0.15) is 62.5 Å². The van der Waals surface area contributed by atoms with E-state index in [0.29, 0.717) is 17.4 Å². The molecule has 0 bridgehead atoms. The van der Waals surface area contributed by atoms with Gasteiger partial charge < -0.3 is 10.6 Å². The van der Waals surface area contributed by atoms with Crippen LogP contribution in [0.4, 0.5) is 5.82 Å². The molecule has 2 aliphatic carbocycles. The molecular formula is C17H25N3O. The Morgan fingerprint density at radius 2 is 1.95 bits per heavy atom. The average Bonchev–Trinajstić information content (AvgIpc) is 3.24.